The number of fused-ring (bicyclic) bond motifs is 1. The first kappa shape index (κ1) is 14.4. The van der Waals surface area contributed by atoms with Crippen LogP contribution >= 0.6 is 34.4 Å². The number of rotatable bonds is 4. The molecule has 0 amide bonds. The maximum Gasteiger partial charge on any atom is 0.309 e. The molecule has 108 valence electrons. The highest BCUT2D eigenvalue weighted by atomic mass is 32.2. The van der Waals surface area contributed by atoms with E-state index in [9.17, 15) is 4.79 Å². The molecule has 0 bridgehead atoms. The SMILES string of the molecule is Cc1sc2ncnc(Sc3nc(CC(=O)O)cs3)c2c1C. The van der Waals surface area contributed by atoms with Gasteiger partial charge in [0, 0.05) is 15.6 Å². The van der Waals surface area contributed by atoms with Crippen molar-refractivity contribution < 1.29 is 9.90 Å². The summed E-state index contributed by atoms with van der Waals surface area (Å²) in [5.74, 6) is -0.870. The fourth-order valence-electron chi connectivity index (χ4n) is 1.88. The lowest BCUT2D eigenvalue weighted by molar-refractivity contribution is -0.136. The molecule has 0 spiro atoms. The minimum Gasteiger partial charge on any atom is -0.481 e. The zero-order chi connectivity index (χ0) is 15.0. The molecule has 8 heteroatoms. The van der Waals surface area contributed by atoms with Crippen LogP contribution in [0.15, 0.2) is 21.1 Å². The number of carboxylic acid groups (broad SMARTS) is 1. The molecule has 0 fully saturated rings. The van der Waals surface area contributed by atoms with Gasteiger partial charge in [-0.3, -0.25) is 4.79 Å². The van der Waals surface area contributed by atoms with Crippen LogP contribution in [0.5, 0.6) is 0 Å². The van der Waals surface area contributed by atoms with E-state index >= 15 is 0 Å². The molecule has 3 aromatic heterocycles. The lowest BCUT2D eigenvalue weighted by atomic mass is 10.2. The zero-order valence-corrected chi connectivity index (χ0v) is 13.7. The monoisotopic (exact) mass is 337 g/mol. The average molecular weight is 337 g/mol. The minimum absolute atomic E-state index is 0.0488. The van der Waals surface area contributed by atoms with Crippen LogP contribution in [0.4, 0.5) is 0 Å². The molecule has 0 atom stereocenters. The third-order valence-electron chi connectivity index (χ3n) is 2.98. The molecule has 0 aliphatic carbocycles. The van der Waals surface area contributed by atoms with Gasteiger partial charge in [-0.2, -0.15) is 0 Å². The highest BCUT2D eigenvalue weighted by Gasteiger charge is 2.15. The molecule has 21 heavy (non-hydrogen) atoms. The van der Waals surface area contributed by atoms with E-state index in [2.05, 4.69) is 28.8 Å². The highest BCUT2D eigenvalue weighted by molar-refractivity contribution is 8.01. The summed E-state index contributed by atoms with van der Waals surface area (Å²) in [6, 6.07) is 0. The van der Waals surface area contributed by atoms with Crippen LogP contribution in [-0.2, 0) is 11.2 Å². The van der Waals surface area contributed by atoms with E-state index in [-0.39, 0.29) is 6.42 Å². The first-order valence-electron chi connectivity index (χ1n) is 6.09. The summed E-state index contributed by atoms with van der Waals surface area (Å²) in [7, 11) is 0. The summed E-state index contributed by atoms with van der Waals surface area (Å²) >= 11 is 4.56. The summed E-state index contributed by atoms with van der Waals surface area (Å²) in [5.41, 5.74) is 1.78. The van der Waals surface area contributed by atoms with Gasteiger partial charge in [-0.25, -0.2) is 15.0 Å². The largest absolute Gasteiger partial charge is 0.481 e. The Kier molecular flexibility index (Phi) is 3.92. The number of aryl methyl sites for hydroxylation is 2. The predicted octanol–water partition coefficient (Wildman–Crippen LogP) is 3.54. The number of hydrogen-bond acceptors (Lipinski definition) is 7. The second-order valence-electron chi connectivity index (χ2n) is 4.42. The number of aliphatic carboxylic acids is 1. The van der Waals surface area contributed by atoms with Crippen molar-refractivity contribution in [1.82, 2.24) is 15.0 Å². The van der Waals surface area contributed by atoms with Gasteiger partial charge in [-0.1, -0.05) is 0 Å². The van der Waals surface area contributed by atoms with E-state index in [1.54, 1.807) is 23.0 Å². The number of nitrogens with zero attached hydrogens (tertiary/aromatic N) is 3. The minimum atomic E-state index is -0.870. The topological polar surface area (TPSA) is 76.0 Å². The van der Waals surface area contributed by atoms with Crippen molar-refractivity contribution in [3.8, 4) is 0 Å². The van der Waals surface area contributed by atoms with Crippen molar-refractivity contribution in [2.75, 3.05) is 0 Å². The molecular weight excluding hydrogens is 326 g/mol. The van der Waals surface area contributed by atoms with Crippen LogP contribution in [-0.4, -0.2) is 26.0 Å². The van der Waals surface area contributed by atoms with Crippen LogP contribution in [0, 0.1) is 13.8 Å². The van der Waals surface area contributed by atoms with Crippen molar-refractivity contribution in [2.24, 2.45) is 0 Å². The Hall–Kier alpha value is -1.51. The Bertz CT molecular complexity index is 825. The van der Waals surface area contributed by atoms with Crippen LogP contribution in [0.1, 0.15) is 16.1 Å². The van der Waals surface area contributed by atoms with Crippen molar-refractivity contribution in [2.45, 2.75) is 29.6 Å². The van der Waals surface area contributed by atoms with Crippen LogP contribution in [0.3, 0.4) is 0 Å². The third kappa shape index (κ3) is 2.92. The molecule has 3 heterocycles. The van der Waals surface area contributed by atoms with Gasteiger partial charge < -0.3 is 5.11 Å². The van der Waals surface area contributed by atoms with Gasteiger partial charge in [0.2, 0.25) is 0 Å². The summed E-state index contributed by atoms with van der Waals surface area (Å²) in [6.07, 6.45) is 1.51. The number of aromatic nitrogens is 3. The van der Waals surface area contributed by atoms with Crippen LogP contribution in [0.25, 0.3) is 10.2 Å². The number of carboxylic acids is 1. The van der Waals surface area contributed by atoms with Gasteiger partial charge in [-0.05, 0) is 31.2 Å². The van der Waals surface area contributed by atoms with E-state index in [0.717, 1.165) is 19.6 Å². The van der Waals surface area contributed by atoms with Gasteiger partial charge >= 0.3 is 5.97 Å². The first-order chi connectivity index (χ1) is 10.0. The van der Waals surface area contributed by atoms with Crippen molar-refractivity contribution in [3.05, 3.63) is 27.8 Å². The molecule has 0 aliphatic heterocycles. The molecule has 0 saturated carbocycles. The Morgan fingerprint density at radius 2 is 2.19 bits per heavy atom. The summed E-state index contributed by atoms with van der Waals surface area (Å²) in [6.45, 7) is 4.14. The normalized spacial score (nSPS) is 11.1. The van der Waals surface area contributed by atoms with Gasteiger partial charge in [0.1, 0.15) is 16.2 Å². The van der Waals surface area contributed by atoms with E-state index in [4.69, 9.17) is 5.11 Å². The van der Waals surface area contributed by atoms with Crippen molar-refractivity contribution >= 4 is 50.6 Å². The Morgan fingerprint density at radius 3 is 2.95 bits per heavy atom. The van der Waals surface area contributed by atoms with E-state index in [1.807, 2.05) is 0 Å². The highest BCUT2D eigenvalue weighted by Crippen LogP contribution is 2.38. The van der Waals surface area contributed by atoms with Crippen LogP contribution < -0.4 is 0 Å². The number of thiophene rings is 1. The Morgan fingerprint density at radius 1 is 1.38 bits per heavy atom. The van der Waals surface area contributed by atoms with E-state index in [1.165, 1.54) is 33.5 Å². The lowest BCUT2D eigenvalue weighted by Gasteiger charge is -2.00. The molecule has 3 rings (SSSR count). The van der Waals surface area contributed by atoms with Crippen LogP contribution in [0.2, 0.25) is 0 Å². The maximum absolute atomic E-state index is 10.7. The van der Waals surface area contributed by atoms with Crippen molar-refractivity contribution in [3.63, 3.8) is 0 Å². The quantitative estimate of drug-likeness (QED) is 0.734. The van der Waals surface area contributed by atoms with Gasteiger partial charge in [0.25, 0.3) is 0 Å². The summed E-state index contributed by atoms with van der Waals surface area (Å²) in [4.78, 5) is 25.9. The second-order valence-corrected chi connectivity index (χ2v) is 7.72. The zero-order valence-electron chi connectivity index (χ0n) is 11.3. The third-order valence-corrected chi connectivity index (χ3v) is 6.08. The molecule has 0 aromatic carbocycles. The molecule has 0 radical (unpaired) electrons. The van der Waals surface area contributed by atoms with Gasteiger partial charge in [-0.15, -0.1) is 22.7 Å². The van der Waals surface area contributed by atoms with Gasteiger partial charge in [0.15, 0.2) is 4.34 Å². The molecule has 1 N–H and O–H groups in total. The molecule has 5 nitrogen and oxygen atoms in total. The Labute approximate surface area is 133 Å². The average Bonchev–Trinajstić information content (AvgIpc) is 2.95. The van der Waals surface area contributed by atoms with E-state index in [0.29, 0.717) is 5.69 Å². The first-order valence-corrected chi connectivity index (χ1v) is 8.60. The fraction of sp³-hybridized carbons (Fsp3) is 0.231. The standard InChI is InChI=1S/C13H11N3O2S3/c1-6-7(2)20-11-10(6)12(15-5-14-11)21-13-16-8(4-19-13)3-9(17)18/h4-5H,3H2,1-2H3,(H,17,18). The molecular formula is C13H11N3O2S3. The molecule has 3 aromatic rings. The Balaban J connectivity index is 1.94. The second kappa shape index (κ2) is 5.70. The summed E-state index contributed by atoms with van der Waals surface area (Å²) < 4.78 is 0.800. The predicted molar refractivity (Wildman–Crippen MR) is 84.5 cm³/mol. The van der Waals surface area contributed by atoms with Gasteiger partial charge in [0.05, 0.1) is 12.1 Å². The lowest BCUT2D eigenvalue weighted by Crippen LogP contribution is -1.99. The maximum atomic E-state index is 10.7. The van der Waals surface area contributed by atoms with Crippen molar-refractivity contribution in [1.29, 1.82) is 0 Å². The molecule has 0 saturated heterocycles. The number of hydrogen-bond donors (Lipinski definition) is 1. The molecule has 0 aliphatic rings. The van der Waals surface area contributed by atoms with E-state index < -0.39 is 5.97 Å². The number of thiazole rings is 1. The fourth-order valence-corrected chi connectivity index (χ4v) is 4.84. The molecule has 0 unspecified atom stereocenters. The number of carbonyl (C=O) groups is 1. The smallest absolute Gasteiger partial charge is 0.309 e. The summed E-state index contributed by atoms with van der Waals surface area (Å²) in [5, 5.41) is 12.5.